The second kappa shape index (κ2) is 6.53. The van der Waals surface area contributed by atoms with Crippen LogP contribution in [0, 0.1) is 0 Å². The third-order valence-corrected chi connectivity index (χ3v) is 3.74. The van der Waals surface area contributed by atoms with Crippen LogP contribution in [0.5, 0.6) is 0 Å². The van der Waals surface area contributed by atoms with E-state index in [0.29, 0.717) is 6.42 Å². The first-order valence-corrected chi connectivity index (χ1v) is 7.67. The summed E-state index contributed by atoms with van der Waals surface area (Å²) in [6, 6.07) is 0. The maximum absolute atomic E-state index is 11.6. The van der Waals surface area contributed by atoms with Gasteiger partial charge < -0.3 is 14.0 Å². The Hall–Kier alpha value is -0.805. The Labute approximate surface area is 129 Å². The standard InChI is InChI=1S/C16H29BO4/c1-14(2,3)19-13(18)11-9-8-10-12-17-20-15(4,5)16(6,7)21-17/h10,12H,8-9,11H2,1-7H3. The SMILES string of the molecule is CC(C)(C)OC(=O)CCCC=CB1OC(C)(C)C(C)(C)O1. The van der Waals surface area contributed by atoms with Crippen LogP contribution in [-0.2, 0) is 18.8 Å². The Morgan fingerprint density at radius 3 is 2.14 bits per heavy atom. The number of hydrogen-bond donors (Lipinski definition) is 0. The normalized spacial score (nSPS) is 21.0. The molecule has 0 spiro atoms. The van der Waals surface area contributed by atoms with E-state index in [4.69, 9.17) is 14.0 Å². The lowest BCUT2D eigenvalue weighted by Crippen LogP contribution is -2.41. The summed E-state index contributed by atoms with van der Waals surface area (Å²) >= 11 is 0. The topological polar surface area (TPSA) is 44.8 Å². The predicted octanol–water partition coefficient (Wildman–Crippen LogP) is 3.69. The number of rotatable bonds is 5. The lowest BCUT2D eigenvalue weighted by atomic mass is 9.89. The van der Waals surface area contributed by atoms with Gasteiger partial charge in [-0.1, -0.05) is 12.1 Å². The average molecular weight is 296 g/mol. The van der Waals surface area contributed by atoms with Crippen molar-refractivity contribution in [3.63, 3.8) is 0 Å². The van der Waals surface area contributed by atoms with E-state index >= 15 is 0 Å². The van der Waals surface area contributed by atoms with E-state index in [1.807, 2.05) is 60.5 Å². The summed E-state index contributed by atoms with van der Waals surface area (Å²) in [4.78, 5) is 11.6. The molecule has 1 aliphatic rings. The summed E-state index contributed by atoms with van der Waals surface area (Å²) in [7, 11) is -0.309. The van der Waals surface area contributed by atoms with Gasteiger partial charge in [-0.2, -0.15) is 0 Å². The summed E-state index contributed by atoms with van der Waals surface area (Å²) in [6.45, 7) is 13.8. The minimum Gasteiger partial charge on any atom is -0.460 e. The summed E-state index contributed by atoms with van der Waals surface area (Å²) in [5, 5.41) is 0. The fraction of sp³-hybridized carbons (Fsp3) is 0.812. The second-order valence-electron chi connectivity index (χ2n) is 7.53. The van der Waals surface area contributed by atoms with E-state index in [-0.39, 0.29) is 24.3 Å². The minimum atomic E-state index is -0.407. The van der Waals surface area contributed by atoms with Gasteiger partial charge in [-0.05, 0) is 61.3 Å². The predicted molar refractivity (Wildman–Crippen MR) is 84.9 cm³/mol. The van der Waals surface area contributed by atoms with E-state index in [1.54, 1.807) is 0 Å². The molecule has 1 rings (SSSR count). The Kier molecular flexibility index (Phi) is 5.67. The number of ether oxygens (including phenoxy) is 1. The lowest BCUT2D eigenvalue weighted by Gasteiger charge is -2.32. The van der Waals surface area contributed by atoms with E-state index in [1.165, 1.54) is 0 Å². The maximum atomic E-state index is 11.6. The molecular formula is C16H29BO4. The summed E-state index contributed by atoms with van der Waals surface area (Å²) < 4.78 is 17.0. The zero-order valence-corrected chi connectivity index (χ0v) is 14.5. The van der Waals surface area contributed by atoms with Crippen molar-refractivity contribution in [3.8, 4) is 0 Å². The highest BCUT2D eigenvalue weighted by Crippen LogP contribution is 2.36. The quantitative estimate of drug-likeness (QED) is 0.441. The largest absolute Gasteiger partial charge is 0.486 e. The van der Waals surface area contributed by atoms with Crippen molar-refractivity contribution >= 4 is 13.1 Å². The van der Waals surface area contributed by atoms with Crippen molar-refractivity contribution in [1.29, 1.82) is 0 Å². The molecule has 0 amide bonds. The van der Waals surface area contributed by atoms with E-state index in [2.05, 4.69) is 0 Å². The van der Waals surface area contributed by atoms with Gasteiger partial charge in [0.1, 0.15) is 5.60 Å². The number of carbonyl (C=O) groups excluding carboxylic acids is 1. The zero-order valence-electron chi connectivity index (χ0n) is 14.5. The summed E-state index contributed by atoms with van der Waals surface area (Å²) in [6.07, 6.45) is 4.02. The molecular weight excluding hydrogens is 267 g/mol. The van der Waals surface area contributed by atoms with Gasteiger partial charge in [0.25, 0.3) is 0 Å². The third kappa shape index (κ3) is 5.83. The molecule has 1 saturated heterocycles. The van der Waals surface area contributed by atoms with Gasteiger partial charge in [0, 0.05) is 6.42 Å². The molecule has 0 aromatic rings. The number of carbonyl (C=O) groups is 1. The maximum Gasteiger partial charge on any atom is 0.486 e. The van der Waals surface area contributed by atoms with Gasteiger partial charge in [-0.3, -0.25) is 4.79 Å². The highest BCUT2D eigenvalue weighted by molar-refractivity contribution is 6.51. The fourth-order valence-electron chi connectivity index (χ4n) is 1.93. The molecule has 0 N–H and O–H groups in total. The van der Waals surface area contributed by atoms with E-state index in [0.717, 1.165) is 12.8 Å². The molecule has 0 atom stereocenters. The van der Waals surface area contributed by atoms with Crippen molar-refractivity contribution in [2.75, 3.05) is 0 Å². The van der Waals surface area contributed by atoms with Crippen LogP contribution in [0.2, 0.25) is 0 Å². The molecule has 0 saturated carbocycles. The van der Waals surface area contributed by atoms with Crippen LogP contribution in [-0.4, -0.2) is 29.9 Å². The van der Waals surface area contributed by atoms with Crippen LogP contribution in [0.1, 0.15) is 67.7 Å². The smallest absolute Gasteiger partial charge is 0.460 e. The zero-order chi connectivity index (χ0) is 16.3. The molecule has 120 valence electrons. The molecule has 0 aliphatic carbocycles. The molecule has 0 aromatic carbocycles. The van der Waals surface area contributed by atoms with Crippen LogP contribution < -0.4 is 0 Å². The first kappa shape index (κ1) is 18.2. The van der Waals surface area contributed by atoms with E-state index in [9.17, 15) is 4.79 Å². The molecule has 1 aliphatic heterocycles. The highest BCUT2D eigenvalue weighted by atomic mass is 16.7. The molecule has 21 heavy (non-hydrogen) atoms. The van der Waals surface area contributed by atoms with Gasteiger partial charge in [0.2, 0.25) is 0 Å². The van der Waals surface area contributed by atoms with Gasteiger partial charge >= 0.3 is 13.1 Å². The second-order valence-corrected chi connectivity index (χ2v) is 7.53. The lowest BCUT2D eigenvalue weighted by molar-refractivity contribution is -0.154. The van der Waals surface area contributed by atoms with Crippen molar-refractivity contribution in [3.05, 3.63) is 12.1 Å². The Bertz CT molecular complexity index is 378. The number of allylic oxidation sites excluding steroid dienone is 1. The Morgan fingerprint density at radius 1 is 1.14 bits per heavy atom. The van der Waals surface area contributed by atoms with Crippen molar-refractivity contribution in [1.82, 2.24) is 0 Å². The summed E-state index contributed by atoms with van der Waals surface area (Å²) in [5.74, 6) is 1.78. The van der Waals surface area contributed by atoms with Crippen LogP contribution in [0.15, 0.2) is 12.1 Å². The number of unbranched alkanes of at least 4 members (excludes halogenated alkanes) is 1. The molecule has 0 unspecified atom stereocenters. The van der Waals surface area contributed by atoms with Crippen molar-refractivity contribution in [2.24, 2.45) is 0 Å². The van der Waals surface area contributed by atoms with Gasteiger partial charge in [-0.25, -0.2) is 0 Å². The molecule has 0 aromatic heterocycles. The minimum absolute atomic E-state index is 0.147. The molecule has 1 fully saturated rings. The summed E-state index contributed by atoms with van der Waals surface area (Å²) in [5.41, 5.74) is -1.02. The molecule has 0 bridgehead atoms. The van der Waals surface area contributed by atoms with Crippen molar-refractivity contribution in [2.45, 2.75) is 84.5 Å². The van der Waals surface area contributed by atoms with Gasteiger partial charge in [-0.15, -0.1) is 0 Å². The average Bonchev–Trinajstić information content (AvgIpc) is 2.44. The molecule has 1 heterocycles. The first-order chi connectivity index (χ1) is 9.43. The molecule has 4 nitrogen and oxygen atoms in total. The van der Waals surface area contributed by atoms with Crippen LogP contribution >= 0.6 is 0 Å². The van der Waals surface area contributed by atoms with Gasteiger partial charge in [0.15, 0.2) is 0 Å². The third-order valence-electron chi connectivity index (χ3n) is 3.74. The Balaban J connectivity index is 2.27. The molecule has 5 heteroatoms. The Morgan fingerprint density at radius 2 is 1.67 bits per heavy atom. The highest BCUT2D eigenvalue weighted by Gasteiger charge is 2.49. The monoisotopic (exact) mass is 296 g/mol. The van der Waals surface area contributed by atoms with Crippen LogP contribution in [0.25, 0.3) is 0 Å². The van der Waals surface area contributed by atoms with Crippen LogP contribution in [0.3, 0.4) is 0 Å². The fourth-order valence-corrected chi connectivity index (χ4v) is 1.93. The number of hydrogen-bond acceptors (Lipinski definition) is 4. The van der Waals surface area contributed by atoms with Gasteiger partial charge in [0.05, 0.1) is 11.2 Å². The number of esters is 1. The van der Waals surface area contributed by atoms with Crippen molar-refractivity contribution < 1.29 is 18.8 Å². The van der Waals surface area contributed by atoms with Crippen LogP contribution in [0.4, 0.5) is 0 Å². The first-order valence-electron chi connectivity index (χ1n) is 7.67. The van der Waals surface area contributed by atoms with E-state index < -0.39 is 5.60 Å². The molecule has 0 radical (unpaired) electrons.